The summed E-state index contributed by atoms with van der Waals surface area (Å²) in [7, 11) is 0. The van der Waals surface area contributed by atoms with Crippen LogP contribution >= 0.6 is 0 Å². The van der Waals surface area contributed by atoms with Gasteiger partial charge in [0.15, 0.2) is 5.69 Å². The van der Waals surface area contributed by atoms with Gasteiger partial charge in [0.05, 0.1) is 24.0 Å². The van der Waals surface area contributed by atoms with E-state index < -0.39 is 17.8 Å². The van der Waals surface area contributed by atoms with Crippen molar-refractivity contribution in [3.63, 3.8) is 0 Å². The number of carbonyl (C=O) groups excluding carboxylic acids is 1. The van der Waals surface area contributed by atoms with Crippen LogP contribution in [0.4, 0.5) is 13.2 Å². The lowest BCUT2D eigenvalue weighted by atomic mass is 10.1. The summed E-state index contributed by atoms with van der Waals surface area (Å²) in [5, 5.41) is 8.14. The number of amides is 1. The quantitative estimate of drug-likeness (QED) is 0.616. The molecule has 4 heterocycles. The van der Waals surface area contributed by atoms with E-state index in [0.717, 1.165) is 18.7 Å². The smallest absolute Gasteiger partial charge is 0.417 e. The van der Waals surface area contributed by atoms with E-state index >= 15 is 0 Å². The highest BCUT2D eigenvalue weighted by Gasteiger charge is 2.36. The maximum Gasteiger partial charge on any atom is 0.417 e. The highest BCUT2D eigenvalue weighted by molar-refractivity contribution is 5.96. The van der Waals surface area contributed by atoms with Crippen molar-refractivity contribution in [2.45, 2.75) is 38.1 Å². The number of alkyl halides is 3. The molecular weight excluding hydrogens is 413 g/mol. The zero-order chi connectivity index (χ0) is 22.0. The number of likely N-dealkylation sites (tertiary alicyclic amines) is 1. The van der Waals surface area contributed by atoms with Crippen LogP contribution in [0.2, 0.25) is 0 Å². The predicted octanol–water partition coefficient (Wildman–Crippen LogP) is 3.15. The van der Waals surface area contributed by atoms with Gasteiger partial charge >= 0.3 is 6.18 Å². The molecule has 1 amide bonds. The minimum Gasteiger partial charge on any atom is -0.472 e. The van der Waals surface area contributed by atoms with Crippen LogP contribution in [0, 0.1) is 0 Å². The van der Waals surface area contributed by atoms with Gasteiger partial charge < -0.3 is 9.64 Å². The van der Waals surface area contributed by atoms with Crippen LogP contribution in [0.5, 0.6) is 5.88 Å². The Bertz CT molecular complexity index is 1040. The Morgan fingerprint density at radius 1 is 1.16 bits per heavy atom. The lowest BCUT2D eigenvalue weighted by Gasteiger charge is -2.29. The van der Waals surface area contributed by atoms with Gasteiger partial charge in [-0.05, 0) is 38.0 Å². The van der Waals surface area contributed by atoms with Crippen molar-refractivity contribution in [1.29, 1.82) is 0 Å². The SMILES string of the molecule is CC(Oc1ccc(C(F)(F)F)cn1)C1CCCN1C(=O)c1ncccc1-n1nccn1. The molecule has 8 nitrogen and oxygen atoms in total. The van der Waals surface area contributed by atoms with Crippen molar-refractivity contribution in [3.8, 4) is 11.6 Å². The monoisotopic (exact) mass is 432 g/mol. The summed E-state index contributed by atoms with van der Waals surface area (Å²) in [6, 6.07) is 5.22. The molecule has 1 aliphatic heterocycles. The molecule has 0 bridgehead atoms. The summed E-state index contributed by atoms with van der Waals surface area (Å²) < 4.78 is 43.9. The van der Waals surface area contributed by atoms with Gasteiger partial charge in [-0.3, -0.25) is 4.79 Å². The second-order valence-corrected chi connectivity index (χ2v) is 7.10. The highest BCUT2D eigenvalue weighted by atomic mass is 19.4. The van der Waals surface area contributed by atoms with E-state index in [-0.39, 0.29) is 23.5 Å². The van der Waals surface area contributed by atoms with E-state index in [1.807, 2.05) is 0 Å². The lowest BCUT2D eigenvalue weighted by molar-refractivity contribution is -0.137. The van der Waals surface area contributed by atoms with Crippen LogP contribution < -0.4 is 4.74 Å². The number of hydrogen-bond acceptors (Lipinski definition) is 6. The molecule has 2 atom stereocenters. The maximum atomic E-state index is 13.3. The molecule has 0 N–H and O–H groups in total. The molecular formula is C20H19F3N6O2. The van der Waals surface area contributed by atoms with E-state index in [0.29, 0.717) is 18.7 Å². The van der Waals surface area contributed by atoms with E-state index in [1.54, 1.807) is 24.0 Å². The number of nitrogens with zero attached hydrogens (tertiary/aromatic N) is 6. The number of pyridine rings is 2. The summed E-state index contributed by atoms with van der Waals surface area (Å²) in [6.45, 7) is 2.28. The standard InChI is InChI=1S/C20H19F3N6O2/c1-13(31-17-7-6-14(12-25-17)20(21,22)23)15-5-3-11-28(15)19(30)18-16(4-2-8-24-18)29-26-9-10-27-29/h2,4,6-10,12-13,15H,3,5,11H2,1H3. The third-order valence-corrected chi connectivity index (χ3v) is 5.10. The van der Waals surface area contributed by atoms with Gasteiger partial charge in [-0.1, -0.05) is 0 Å². The molecule has 1 fully saturated rings. The van der Waals surface area contributed by atoms with E-state index in [1.165, 1.54) is 29.5 Å². The van der Waals surface area contributed by atoms with Crippen molar-refractivity contribution in [3.05, 3.63) is 60.3 Å². The van der Waals surface area contributed by atoms with Crippen LogP contribution in [0.15, 0.2) is 49.1 Å². The van der Waals surface area contributed by atoms with E-state index in [9.17, 15) is 18.0 Å². The minimum absolute atomic E-state index is 0.0686. The number of halogens is 3. The van der Waals surface area contributed by atoms with Crippen molar-refractivity contribution < 1.29 is 22.7 Å². The Kier molecular flexibility index (Phi) is 5.57. The van der Waals surface area contributed by atoms with Gasteiger partial charge in [-0.2, -0.15) is 23.4 Å². The number of ether oxygens (including phenoxy) is 1. The average Bonchev–Trinajstić information content (AvgIpc) is 3.45. The number of hydrogen-bond donors (Lipinski definition) is 0. The molecule has 0 saturated carbocycles. The normalized spacial score (nSPS) is 17.5. The zero-order valence-corrected chi connectivity index (χ0v) is 16.5. The van der Waals surface area contributed by atoms with Crippen LogP contribution in [0.1, 0.15) is 35.8 Å². The third kappa shape index (κ3) is 4.35. The second kappa shape index (κ2) is 8.32. The molecule has 1 saturated heterocycles. The van der Waals surface area contributed by atoms with Crippen molar-refractivity contribution in [2.75, 3.05) is 6.54 Å². The van der Waals surface area contributed by atoms with Crippen molar-refractivity contribution >= 4 is 5.91 Å². The zero-order valence-electron chi connectivity index (χ0n) is 16.5. The van der Waals surface area contributed by atoms with E-state index in [4.69, 9.17) is 4.74 Å². The number of rotatable bonds is 5. The molecule has 0 radical (unpaired) electrons. The number of carbonyl (C=O) groups is 1. The molecule has 3 aromatic heterocycles. The maximum absolute atomic E-state index is 13.3. The van der Waals surface area contributed by atoms with Crippen LogP contribution in [0.25, 0.3) is 5.69 Å². The summed E-state index contributed by atoms with van der Waals surface area (Å²) >= 11 is 0. The molecule has 162 valence electrons. The van der Waals surface area contributed by atoms with Gasteiger partial charge in [-0.15, -0.1) is 4.80 Å². The Morgan fingerprint density at radius 2 is 1.94 bits per heavy atom. The van der Waals surface area contributed by atoms with Crippen LogP contribution in [0.3, 0.4) is 0 Å². The summed E-state index contributed by atoms with van der Waals surface area (Å²) in [5.74, 6) is -0.217. The van der Waals surface area contributed by atoms with Gasteiger partial charge in [0, 0.05) is 25.0 Å². The molecule has 3 aromatic rings. The molecule has 0 aromatic carbocycles. The first-order chi connectivity index (χ1) is 14.8. The Balaban J connectivity index is 1.51. The fraction of sp³-hybridized carbons (Fsp3) is 0.350. The average molecular weight is 432 g/mol. The molecule has 31 heavy (non-hydrogen) atoms. The van der Waals surface area contributed by atoms with Crippen molar-refractivity contribution in [2.24, 2.45) is 0 Å². The second-order valence-electron chi connectivity index (χ2n) is 7.10. The Labute approximate surface area is 175 Å². The first-order valence-corrected chi connectivity index (χ1v) is 9.67. The van der Waals surface area contributed by atoms with Gasteiger partial charge in [-0.25, -0.2) is 9.97 Å². The highest BCUT2D eigenvalue weighted by Crippen LogP contribution is 2.30. The van der Waals surface area contributed by atoms with Crippen LogP contribution in [-0.4, -0.2) is 54.5 Å². The van der Waals surface area contributed by atoms with Gasteiger partial charge in [0.1, 0.15) is 11.8 Å². The fourth-order valence-electron chi connectivity index (χ4n) is 3.62. The molecule has 2 unspecified atom stereocenters. The molecule has 4 rings (SSSR count). The minimum atomic E-state index is -4.46. The summed E-state index contributed by atoms with van der Waals surface area (Å²) in [6.07, 6.45) is 1.79. The van der Waals surface area contributed by atoms with Crippen molar-refractivity contribution in [1.82, 2.24) is 29.9 Å². The molecule has 1 aliphatic rings. The lowest BCUT2D eigenvalue weighted by Crippen LogP contribution is -2.44. The fourth-order valence-corrected chi connectivity index (χ4v) is 3.62. The van der Waals surface area contributed by atoms with Gasteiger partial charge in [0.25, 0.3) is 5.91 Å². The van der Waals surface area contributed by atoms with Gasteiger partial charge in [0.2, 0.25) is 5.88 Å². The summed E-state index contributed by atoms with van der Waals surface area (Å²) in [5.41, 5.74) is -0.174. The Morgan fingerprint density at radius 3 is 2.61 bits per heavy atom. The third-order valence-electron chi connectivity index (χ3n) is 5.10. The summed E-state index contributed by atoms with van der Waals surface area (Å²) in [4.78, 5) is 24.3. The topological polar surface area (TPSA) is 86.0 Å². The van der Waals surface area contributed by atoms with E-state index in [2.05, 4.69) is 20.2 Å². The first kappa shape index (κ1) is 20.8. The predicted molar refractivity (Wildman–Crippen MR) is 103 cm³/mol. The Hall–Kier alpha value is -3.50. The molecule has 0 aliphatic carbocycles. The van der Waals surface area contributed by atoms with Crippen LogP contribution in [-0.2, 0) is 6.18 Å². The number of aromatic nitrogens is 5. The molecule has 11 heteroatoms. The first-order valence-electron chi connectivity index (χ1n) is 9.67. The largest absolute Gasteiger partial charge is 0.472 e. The molecule has 0 spiro atoms.